The van der Waals surface area contributed by atoms with Crippen molar-refractivity contribution in [1.82, 2.24) is 0 Å². The molecule has 9 rings (SSSR count). The van der Waals surface area contributed by atoms with Crippen LogP contribution in [0.1, 0.15) is 37.4 Å². The van der Waals surface area contributed by atoms with E-state index in [2.05, 4.69) is 0 Å². The molecule has 0 aliphatic carbocycles. The Morgan fingerprint density at radius 2 is 0.697 bits per heavy atom. The highest BCUT2D eigenvalue weighted by Gasteiger charge is 2.24. The lowest BCUT2D eigenvalue weighted by Gasteiger charge is -2.13. The molecule has 0 atom stereocenters. The molecule has 0 saturated heterocycles. The standard InChI is InChI=1S/C58H42O14S4/c1-37-6-24-49(25-7-37)73(61,62)50-26-16-40(17-27-50)38-8-12-42(13-9-38)57(59)46-4-3-5-47(34-46)58(60)43-14-10-39(11-15-43)41-18-28-51(29-19-41)74(63,64)52-30-22-48(23-31-52)72-54-33-21-45(36-56(54)76(68,69)70)44-20-32-53(71-2)55(35-44)75(65,66)67/h3-36H,1-2H3,(H,65,66,67)(H,68,69,70). The average Bonchev–Trinajstić information content (AvgIpc) is 3.45. The zero-order valence-electron chi connectivity index (χ0n) is 40.1. The van der Waals surface area contributed by atoms with E-state index >= 15 is 0 Å². The molecule has 0 spiro atoms. The van der Waals surface area contributed by atoms with Crippen molar-refractivity contribution < 1.29 is 61.8 Å². The van der Waals surface area contributed by atoms with Crippen molar-refractivity contribution in [3.05, 3.63) is 234 Å². The molecular weight excluding hydrogens is 1050 g/mol. The second-order valence-electron chi connectivity index (χ2n) is 17.3. The summed E-state index contributed by atoms with van der Waals surface area (Å²) in [6, 6.07) is 51.9. The van der Waals surface area contributed by atoms with Gasteiger partial charge >= 0.3 is 0 Å². The van der Waals surface area contributed by atoms with Crippen molar-refractivity contribution in [1.29, 1.82) is 0 Å². The zero-order chi connectivity index (χ0) is 54.2. The summed E-state index contributed by atoms with van der Waals surface area (Å²) in [7, 11) is -16.2. The Balaban J connectivity index is 0.838. The second-order valence-corrected chi connectivity index (χ2v) is 24.0. The summed E-state index contributed by atoms with van der Waals surface area (Å²) in [6.07, 6.45) is 0. The monoisotopic (exact) mass is 1090 g/mol. The minimum Gasteiger partial charge on any atom is -0.495 e. The molecule has 2 N–H and O–H groups in total. The van der Waals surface area contributed by atoms with E-state index in [9.17, 15) is 52.4 Å². The van der Waals surface area contributed by atoms with Crippen LogP contribution in [0.5, 0.6) is 17.2 Å². The Kier molecular flexibility index (Phi) is 14.3. The van der Waals surface area contributed by atoms with E-state index < -0.39 is 49.7 Å². The number of benzene rings is 9. The van der Waals surface area contributed by atoms with Gasteiger partial charge in [-0.05, 0) is 131 Å². The predicted octanol–water partition coefficient (Wildman–Crippen LogP) is 11.4. The number of ketones is 2. The largest absolute Gasteiger partial charge is 0.495 e. The van der Waals surface area contributed by atoms with Gasteiger partial charge in [-0.15, -0.1) is 0 Å². The van der Waals surface area contributed by atoms with Crippen molar-refractivity contribution in [2.75, 3.05) is 7.11 Å². The maximum absolute atomic E-state index is 13.7. The first-order chi connectivity index (χ1) is 36.1. The van der Waals surface area contributed by atoms with Gasteiger partial charge in [0.05, 0.1) is 26.7 Å². The third-order valence-electron chi connectivity index (χ3n) is 12.4. The van der Waals surface area contributed by atoms with E-state index in [4.69, 9.17) is 9.47 Å². The lowest BCUT2D eigenvalue weighted by molar-refractivity contribution is 0.103. The molecule has 9 aromatic carbocycles. The molecule has 76 heavy (non-hydrogen) atoms. The maximum Gasteiger partial charge on any atom is 0.298 e. The minimum absolute atomic E-state index is 0.0214. The molecule has 0 fully saturated rings. The summed E-state index contributed by atoms with van der Waals surface area (Å²) in [6.45, 7) is 1.89. The number of carbonyl (C=O) groups excluding carboxylic acids is 2. The molecule has 382 valence electrons. The summed E-state index contributed by atoms with van der Waals surface area (Å²) in [5.74, 6) is -1.06. The third kappa shape index (κ3) is 11.0. The molecule has 18 heteroatoms. The van der Waals surface area contributed by atoms with Gasteiger partial charge in [0.15, 0.2) is 11.6 Å². The van der Waals surface area contributed by atoms with Gasteiger partial charge in [0, 0.05) is 22.3 Å². The van der Waals surface area contributed by atoms with E-state index in [1.54, 1.807) is 127 Å². The van der Waals surface area contributed by atoms with E-state index in [1.807, 2.05) is 6.92 Å². The van der Waals surface area contributed by atoms with Gasteiger partial charge < -0.3 is 9.47 Å². The first-order valence-corrected chi connectivity index (χ1v) is 28.7. The number of ether oxygens (including phenoxy) is 2. The van der Waals surface area contributed by atoms with E-state index in [0.29, 0.717) is 33.4 Å². The zero-order valence-corrected chi connectivity index (χ0v) is 43.3. The minimum atomic E-state index is -4.92. The molecule has 0 amide bonds. The van der Waals surface area contributed by atoms with Gasteiger partial charge in [0.25, 0.3) is 20.2 Å². The number of rotatable bonds is 16. The van der Waals surface area contributed by atoms with Crippen molar-refractivity contribution in [3.63, 3.8) is 0 Å². The van der Waals surface area contributed by atoms with Crippen LogP contribution in [-0.4, -0.2) is 61.5 Å². The van der Waals surface area contributed by atoms with Crippen molar-refractivity contribution in [2.45, 2.75) is 36.3 Å². The first-order valence-electron chi connectivity index (χ1n) is 22.8. The number of hydrogen-bond acceptors (Lipinski definition) is 12. The summed E-state index contributed by atoms with van der Waals surface area (Å²) in [5.41, 5.74) is 5.53. The third-order valence-corrected chi connectivity index (χ3v) is 17.7. The van der Waals surface area contributed by atoms with Gasteiger partial charge in [-0.2, -0.15) is 16.8 Å². The second kappa shape index (κ2) is 20.7. The first kappa shape index (κ1) is 52.5. The maximum atomic E-state index is 13.7. The summed E-state index contributed by atoms with van der Waals surface area (Å²) in [5, 5.41) is 0. The van der Waals surface area contributed by atoms with E-state index in [-0.39, 0.29) is 59.5 Å². The molecule has 0 aliphatic heterocycles. The molecule has 9 aromatic rings. The van der Waals surface area contributed by atoms with Crippen LogP contribution in [0.2, 0.25) is 0 Å². The van der Waals surface area contributed by atoms with Crippen LogP contribution in [0.3, 0.4) is 0 Å². The van der Waals surface area contributed by atoms with Crippen LogP contribution in [0, 0.1) is 6.92 Å². The van der Waals surface area contributed by atoms with Crippen LogP contribution < -0.4 is 9.47 Å². The highest BCUT2D eigenvalue weighted by Crippen LogP contribution is 2.37. The fourth-order valence-corrected chi connectivity index (χ4v) is 12.1. The molecule has 0 bridgehead atoms. The average molecular weight is 1090 g/mol. The van der Waals surface area contributed by atoms with Crippen LogP contribution in [-0.2, 0) is 39.9 Å². The Hall–Kier alpha value is -8.36. The number of methoxy groups -OCH3 is 1. The van der Waals surface area contributed by atoms with Crippen LogP contribution >= 0.6 is 0 Å². The van der Waals surface area contributed by atoms with Gasteiger partial charge in [0.2, 0.25) is 19.7 Å². The van der Waals surface area contributed by atoms with Gasteiger partial charge in [-0.3, -0.25) is 18.7 Å². The molecule has 0 radical (unpaired) electrons. The van der Waals surface area contributed by atoms with Crippen molar-refractivity contribution >= 4 is 51.5 Å². The molecule has 0 unspecified atom stereocenters. The van der Waals surface area contributed by atoms with Crippen LogP contribution in [0.25, 0.3) is 33.4 Å². The summed E-state index contributed by atoms with van der Waals surface area (Å²) < 4.78 is 133. The fourth-order valence-electron chi connectivity index (χ4n) is 8.25. The molecule has 14 nitrogen and oxygen atoms in total. The normalized spacial score (nSPS) is 11.9. The number of hydrogen-bond donors (Lipinski definition) is 2. The molecule has 0 saturated carbocycles. The predicted molar refractivity (Wildman–Crippen MR) is 284 cm³/mol. The Morgan fingerprint density at radius 1 is 0.368 bits per heavy atom. The lowest BCUT2D eigenvalue weighted by Crippen LogP contribution is -2.06. The molecule has 0 aromatic heterocycles. The topological polar surface area (TPSA) is 230 Å². The summed E-state index contributed by atoms with van der Waals surface area (Å²) in [4.78, 5) is 26.3. The van der Waals surface area contributed by atoms with E-state index in [0.717, 1.165) is 28.8 Å². The van der Waals surface area contributed by atoms with Crippen molar-refractivity contribution in [3.8, 4) is 50.6 Å². The van der Waals surface area contributed by atoms with Gasteiger partial charge in [-0.1, -0.05) is 121 Å². The Morgan fingerprint density at radius 3 is 1.08 bits per heavy atom. The highest BCUT2D eigenvalue weighted by molar-refractivity contribution is 7.91. The summed E-state index contributed by atoms with van der Waals surface area (Å²) >= 11 is 0. The van der Waals surface area contributed by atoms with Gasteiger partial charge in [0.1, 0.15) is 27.0 Å². The fraction of sp³-hybridized carbons (Fsp3) is 0.0345. The van der Waals surface area contributed by atoms with Gasteiger partial charge in [-0.25, -0.2) is 16.8 Å². The SMILES string of the molecule is COc1ccc(-c2ccc(Oc3ccc(S(=O)(=O)c4ccc(-c5ccc(C(=O)c6cccc(C(=O)c7ccc(-c8ccc(S(=O)(=O)c9ccc(C)cc9)cc8)cc7)c6)cc5)cc4)cc3)c(S(=O)(=O)O)c2)cc1S(=O)(=O)O. The number of aryl methyl sites for hydroxylation is 1. The smallest absolute Gasteiger partial charge is 0.298 e. The van der Waals surface area contributed by atoms with E-state index in [1.165, 1.54) is 73.8 Å². The Labute approximate surface area is 438 Å². The molecule has 0 aliphatic rings. The number of sulfone groups is 2. The van der Waals surface area contributed by atoms with Crippen LogP contribution in [0.4, 0.5) is 0 Å². The van der Waals surface area contributed by atoms with Crippen molar-refractivity contribution in [2.24, 2.45) is 0 Å². The molecule has 0 heterocycles. The highest BCUT2D eigenvalue weighted by atomic mass is 32.2. The quantitative estimate of drug-likeness (QED) is 0.0677. The lowest BCUT2D eigenvalue weighted by atomic mass is 9.95. The van der Waals surface area contributed by atoms with Crippen LogP contribution in [0.15, 0.2) is 236 Å². The molecular formula is C58H42O14S4. The Bertz CT molecular complexity index is 4180. The number of carbonyl (C=O) groups is 2.